The Bertz CT molecular complexity index is 579. The number of anilines is 1. The van der Waals surface area contributed by atoms with Crippen molar-refractivity contribution >= 4 is 22.1 Å². The van der Waals surface area contributed by atoms with Crippen LogP contribution in [-0.4, -0.2) is 11.5 Å². The number of nitrogens with zero attached hydrogens (tertiary/aromatic N) is 1. The van der Waals surface area contributed by atoms with Gasteiger partial charge in [-0.1, -0.05) is 12.1 Å². The Kier molecular flexibility index (Phi) is 3.05. The number of benzene rings is 2. The number of nitro groups is 1. The van der Waals surface area contributed by atoms with Gasteiger partial charge < -0.3 is 5.32 Å². The lowest BCUT2D eigenvalue weighted by molar-refractivity contribution is -0.384. The lowest BCUT2D eigenvalue weighted by Gasteiger charge is -2.05. The lowest BCUT2D eigenvalue weighted by Crippen LogP contribution is -1.97. The molecule has 0 aliphatic rings. The zero-order chi connectivity index (χ0) is 12.3. The topological polar surface area (TPSA) is 55.2 Å². The molecule has 0 fully saturated rings. The van der Waals surface area contributed by atoms with Gasteiger partial charge in [0.05, 0.1) is 4.92 Å². The van der Waals surface area contributed by atoms with Crippen molar-refractivity contribution in [1.82, 2.24) is 0 Å². The van der Waals surface area contributed by atoms with Crippen molar-refractivity contribution in [3.63, 3.8) is 0 Å². The van der Waals surface area contributed by atoms with Crippen LogP contribution in [0.4, 0.5) is 11.4 Å². The zero-order valence-corrected chi connectivity index (χ0v) is 9.22. The summed E-state index contributed by atoms with van der Waals surface area (Å²) in [5.41, 5.74) is 1.09. The first-order valence-electron chi connectivity index (χ1n) is 5.23. The van der Waals surface area contributed by atoms with Crippen LogP contribution in [0.15, 0.2) is 49.1 Å². The highest BCUT2D eigenvalue weighted by atomic mass is 16.6. The molecule has 0 radical (unpaired) electrons. The van der Waals surface area contributed by atoms with E-state index in [9.17, 15) is 10.1 Å². The fourth-order valence-corrected chi connectivity index (χ4v) is 1.65. The summed E-state index contributed by atoms with van der Waals surface area (Å²) in [6.45, 7) is 4.32. The smallest absolute Gasteiger partial charge is 0.270 e. The Balaban J connectivity index is 2.39. The van der Waals surface area contributed by atoms with Gasteiger partial charge in [0.2, 0.25) is 0 Å². The minimum Gasteiger partial charge on any atom is -0.382 e. The minimum atomic E-state index is -0.386. The molecule has 4 nitrogen and oxygen atoms in total. The summed E-state index contributed by atoms with van der Waals surface area (Å²) in [6.07, 6.45) is 1.78. The monoisotopic (exact) mass is 228 g/mol. The predicted octanol–water partition coefficient (Wildman–Crippen LogP) is 3.35. The number of hydrogen-bond donors (Lipinski definition) is 1. The van der Waals surface area contributed by atoms with Crippen LogP contribution in [0, 0.1) is 10.1 Å². The number of nitro benzene ring substituents is 1. The molecule has 0 unspecified atom stereocenters. The number of hydrogen-bond acceptors (Lipinski definition) is 3. The Hall–Kier alpha value is -2.36. The van der Waals surface area contributed by atoms with Crippen LogP contribution in [-0.2, 0) is 0 Å². The molecule has 0 heterocycles. The van der Waals surface area contributed by atoms with Gasteiger partial charge in [-0.2, -0.15) is 0 Å². The number of fused-ring (bicyclic) bond motifs is 1. The summed E-state index contributed by atoms with van der Waals surface area (Å²) < 4.78 is 0. The van der Waals surface area contributed by atoms with Gasteiger partial charge in [-0.15, -0.1) is 6.58 Å². The molecule has 0 atom stereocenters. The second-order valence-electron chi connectivity index (χ2n) is 3.67. The highest BCUT2D eigenvalue weighted by Gasteiger charge is 2.05. The molecule has 0 aliphatic heterocycles. The zero-order valence-electron chi connectivity index (χ0n) is 9.22. The quantitative estimate of drug-likeness (QED) is 0.496. The molecule has 0 spiro atoms. The molecule has 1 N–H and O–H groups in total. The van der Waals surface area contributed by atoms with E-state index in [0.29, 0.717) is 6.54 Å². The van der Waals surface area contributed by atoms with Crippen molar-refractivity contribution in [3.05, 3.63) is 59.2 Å². The summed E-state index contributed by atoms with van der Waals surface area (Å²) in [5, 5.41) is 15.6. The van der Waals surface area contributed by atoms with Gasteiger partial charge in [-0.05, 0) is 29.0 Å². The van der Waals surface area contributed by atoms with Gasteiger partial charge >= 0.3 is 0 Å². The molecule has 86 valence electrons. The summed E-state index contributed by atoms with van der Waals surface area (Å²) >= 11 is 0. The third-order valence-corrected chi connectivity index (χ3v) is 2.49. The van der Waals surface area contributed by atoms with E-state index in [1.165, 1.54) is 6.07 Å². The maximum absolute atomic E-state index is 10.6. The van der Waals surface area contributed by atoms with Crippen LogP contribution in [0.1, 0.15) is 0 Å². The third-order valence-electron chi connectivity index (χ3n) is 2.49. The van der Waals surface area contributed by atoms with Gasteiger partial charge in [0.15, 0.2) is 0 Å². The first-order valence-corrected chi connectivity index (χ1v) is 5.23. The standard InChI is InChI=1S/C13H12N2O2/c1-2-7-14-12-5-3-11-9-13(15(16)17)6-4-10(11)8-12/h2-6,8-9,14H,1,7H2. The molecule has 0 amide bonds. The molecule has 0 bridgehead atoms. The predicted molar refractivity (Wildman–Crippen MR) is 69.3 cm³/mol. The molecular formula is C13H12N2O2. The molecule has 0 saturated heterocycles. The van der Waals surface area contributed by atoms with E-state index < -0.39 is 0 Å². The van der Waals surface area contributed by atoms with Crippen LogP contribution in [0.25, 0.3) is 10.8 Å². The van der Waals surface area contributed by atoms with E-state index in [0.717, 1.165) is 16.5 Å². The number of rotatable bonds is 4. The first kappa shape index (κ1) is 11.1. The van der Waals surface area contributed by atoms with Crippen molar-refractivity contribution in [3.8, 4) is 0 Å². The highest BCUT2D eigenvalue weighted by molar-refractivity contribution is 5.87. The molecule has 2 aromatic rings. The van der Waals surface area contributed by atoms with E-state index in [2.05, 4.69) is 11.9 Å². The molecule has 0 saturated carbocycles. The SMILES string of the molecule is C=CCNc1ccc2cc([N+](=O)[O-])ccc2c1. The Morgan fingerprint density at radius 2 is 1.94 bits per heavy atom. The summed E-state index contributed by atoms with van der Waals surface area (Å²) in [4.78, 5) is 10.2. The van der Waals surface area contributed by atoms with Crippen molar-refractivity contribution in [1.29, 1.82) is 0 Å². The Morgan fingerprint density at radius 3 is 2.65 bits per heavy atom. The molecule has 0 aromatic heterocycles. The van der Waals surface area contributed by atoms with E-state index in [4.69, 9.17) is 0 Å². The second kappa shape index (κ2) is 4.65. The van der Waals surface area contributed by atoms with Crippen molar-refractivity contribution in [2.75, 3.05) is 11.9 Å². The summed E-state index contributed by atoms with van der Waals surface area (Å²) in [6, 6.07) is 10.6. The van der Waals surface area contributed by atoms with Crippen LogP contribution < -0.4 is 5.32 Å². The third kappa shape index (κ3) is 2.42. The Labute approximate surface area is 98.7 Å². The van der Waals surface area contributed by atoms with E-state index in [1.54, 1.807) is 18.2 Å². The van der Waals surface area contributed by atoms with E-state index in [1.807, 2.05) is 18.2 Å². The number of non-ortho nitro benzene ring substituents is 1. The number of nitrogens with one attached hydrogen (secondary N) is 1. The molecule has 2 aromatic carbocycles. The fraction of sp³-hybridized carbons (Fsp3) is 0.0769. The average Bonchev–Trinajstić information content (AvgIpc) is 2.35. The van der Waals surface area contributed by atoms with Crippen LogP contribution >= 0.6 is 0 Å². The summed E-state index contributed by atoms with van der Waals surface area (Å²) in [5.74, 6) is 0. The van der Waals surface area contributed by atoms with Gasteiger partial charge in [0.25, 0.3) is 5.69 Å². The first-order chi connectivity index (χ1) is 8.20. The van der Waals surface area contributed by atoms with Crippen LogP contribution in [0.3, 0.4) is 0 Å². The molecular weight excluding hydrogens is 216 g/mol. The summed E-state index contributed by atoms with van der Waals surface area (Å²) in [7, 11) is 0. The average molecular weight is 228 g/mol. The molecule has 4 heteroatoms. The van der Waals surface area contributed by atoms with Gasteiger partial charge in [0, 0.05) is 24.4 Å². The minimum absolute atomic E-state index is 0.115. The Morgan fingerprint density at radius 1 is 1.24 bits per heavy atom. The van der Waals surface area contributed by atoms with Crippen LogP contribution in [0.5, 0.6) is 0 Å². The van der Waals surface area contributed by atoms with Crippen molar-refractivity contribution in [2.24, 2.45) is 0 Å². The van der Waals surface area contributed by atoms with E-state index >= 15 is 0 Å². The molecule has 2 rings (SSSR count). The fourth-order valence-electron chi connectivity index (χ4n) is 1.65. The van der Waals surface area contributed by atoms with Crippen LogP contribution in [0.2, 0.25) is 0 Å². The largest absolute Gasteiger partial charge is 0.382 e. The highest BCUT2D eigenvalue weighted by Crippen LogP contribution is 2.23. The molecule has 17 heavy (non-hydrogen) atoms. The second-order valence-corrected chi connectivity index (χ2v) is 3.67. The van der Waals surface area contributed by atoms with Crippen molar-refractivity contribution in [2.45, 2.75) is 0 Å². The lowest BCUT2D eigenvalue weighted by atomic mass is 10.1. The van der Waals surface area contributed by atoms with Gasteiger partial charge in [-0.3, -0.25) is 10.1 Å². The maximum Gasteiger partial charge on any atom is 0.270 e. The van der Waals surface area contributed by atoms with E-state index in [-0.39, 0.29) is 10.6 Å². The normalized spacial score (nSPS) is 10.1. The van der Waals surface area contributed by atoms with Gasteiger partial charge in [-0.25, -0.2) is 0 Å². The maximum atomic E-state index is 10.6. The molecule has 0 aliphatic carbocycles. The van der Waals surface area contributed by atoms with Gasteiger partial charge in [0.1, 0.15) is 0 Å². The van der Waals surface area contributed by atoms with Crippen molar-refractivity contribution < 1.29 is 4.92 Å².